The van der Waals surface area contributed by atoms with Crippen LogP contribution in [0.25, 0.3) is 11.3 Å². The van der Waals surface area contributed by atoms with E-state index in [-0.39, 0.29) is 11.8 Å². The first-order valence-electron chi connectivity index (χ1n) is 10.4. The zero-order valence-electron chi connectivity index (χ0n) is 17.1. The predicted octanol–water partition coefficient (Wildman–Crippen LogP) is 4.11. The van der Waals surface area contributed by atoms with Gasteiger partial charge in [-0.15, -0.1) is 10.2 Å². The largest absolute Gasteiger partial charge is 0.378 e. The summed E-state index contributed by atoms with van der Waals surface area (Å²) in [4.78, 5) is 14.9. The number of hydrogen-bond acceptors (Lipinski definition) is 5. The summed E-state index contributed by atoms with van der Waals surface area (Å²) < 4.78 is 5.38. The molecule has 0 spiro atoms. The molecule has 1 aliphatic rings. The van der Waals surface area contributed by atoms with Gasteiger partial charge in [0.05, 0.1) is 24.8 Å². The number of nitrogens with zero attached hydrogens (tertiary/aromatic N) is 3. The Hall–Kier alpha value is -3.25. The highest BCUT2D eigenvalue weighted by atomic mass is 16.5. The Kier molecular flexibility index (Phi) is 6.35. The Morgan fingerprint density at radius 2 is 1.73 bits per heavy atom. The third-order valence-corrected chi connectivity index (χ3v) is 5.36. The minimum Gasteiger partial charge on any atom is -0.378 e. The molecule has 1 N–H and O–H groups in total. The molecule has 1 atom stereocenters. The van der Waals surface area contributed by atoms with Crippen LogP contribution in [0.2, 0.25) is 0 Å². The summed E-state index contributed by atoms with van der Waals surface area (Å²) in [5.74, 6) is 0.716. The van der Waals surface area contributed by atoms with Crippen molar-refractivity contribution in [2.75, 3.05) is 36.5 Å². The maximum atomic E-state index is 12.7. The number of nitrogens with one attached hydrogen (secondary N) is 1. The molecule has 1 aliphatic heterocycles. The summed E-state index contributed by atoms with van der Waals surface area (Å²) in [7, 11) is 0. The second kappa shape index (κ2) is 9.50. The lowest BCUT2D eigenvalue weighted by atomic mass is 9.95. The number of rotatable bonds is 6. The Labute approximate surface area is 176 Å². The molecule has 1 fully saturated rings. The van der Waals surface area contributed by atoms with Crippen LogP contribution in [-0.4, -0.2) is 42.4 Å². The number of morpholine rings is 1. The van der Waals surface area contributed by atoms with E-state index in [0.717, 1.165) is 61.1 Å². The van der Waals surface area contributed by atoms with Crippen LogP contribution in [0.1, 0.15) is 24.8 Å². The second-order valence-corrected chi connectivity index (χ2v) is 7.31. The molecule has 2 aromatic carbocycles. The summed E-state index contributed by atoms with van der Waals surface area (Å²) in [6.45, 7) is 5.15. The van der Waals surface area contributed by atoms with Gasteiger partial charge < -0.3 is 15.0 Å². The molecule has 0 saturated carbocycles. The molecule has 1 saturated heterocycles. The number of carbonyl (C=O) groups is 1. The third-order valence-electron chi connectivity index (χ3n) is 5.36. The van der Waals surface area contributed by atoms with Crippen LogP contribution in [0.4, 0.5) is 11.5 Å². The minimum atomic E-state index is -0.163. The smallest absolute Gasteiger partial charge is 0.231 e. The van der Waals surface area contributed by atoms with Gasteiger partial charge >= 0.3 is 0 Å². The SMILES string of the molecule is CCC(C(=O)Nc1ccc(-c2ccc(N3CCOCC3)nn2)cc1)c1ccccc1. The van der Waals surface area contributed by atoms with Gasteiger partial charge in [-0.05, 0) is 36.2 Å². The van der Waals surface area contributed by atoms with Gasteiger partial charge in [0.15, 0.2) is 5.82 Å². The van der Waals surface area contributed by atoms with Crippen LogP contribution in [0.3, 0.4) is 0 Å². The first-order chi connectivity index (χ1) is 14.7. The lowest BCUT2D eigenvalue weighted by Gasteiger charge is -2.27. The van der Waals surface area contributed by atoms with Crippen molar-refractivity contribution >= 4 is 17.4 Å². The van der Waals surface area contributed by atoms with E-state index in [9.17, 15) is 4.79 Å². The van der Waals surface area contributed by atoms with Crippen LogP contribution in [0.5, 0.6) is 0 Å². The fourth-order valence-electron chi connectivity index (χ4n) is 3.65. The van der Waals surface area contributed by atoms with E-state index in [1.165, 1.54) is 0 Å². The fourth-order valence-corrected chi connectivity index (χ4v) is 3.65. The van der Waals surface area contributed by atoms with E-state index in [0.29, 0.717) is 0 Å². The highest BCUT2D eigenvalue weighted by Gasteiger charge is 2.18. The number of ether oxygens (including phenoxy) is 1. The topological polar surface area (TPSA) is 67.4 Å². The van der Waals surface area contributed by atoms with E-state index in [2.05, 4.69) is 20.4 Å². The molecule has 1 aromatic heterocycles. The van der Waals surface area contributed by atoms with E-state index >= 15 is 0 Å². The van der Waals surface area contributed by atoms with Crippen molar-refractivity contribution < 1.29 is 9.53 Å². The maximum absolute atomic E-state index is 12.7. The zero-order valence-corrected chi connectivity index (χ0v) is 17.1. The number of amides is 1. The minimum absolute atomic E-state index is 0.00565. The highest BCUT2D eigenvalue weighted by molar-refractivity contribution is 5.96. The van der Waals surface area contributed by atoms with Gasteiger partial charge in [-0.1, -0.05) is 49.4 Å². The van der Waals surface area contributed by atoms with Crippen LogP contribution < -0.4 is 10.2 Å². The van der Waals surface area contributed by atoms with E-state index in [1.807, 2.05) is 73.7 Å². The van der Waals surface area contributed by atoms with Gasteiger partial charge in [0, 0.05) is 24.3 Å². The van der Waals surface area contributed by atoms with Gasteiger partial charge in [0.2, 0.25) is 5.91 Å². The maximum Gasteiger partial charge on any atom is 0.231 e. The van der Waals surface area contributed by atoms with Crippen LogP contribution >= 0.6 is 0 Å². The second-order valence-electron chi connectivity index (χ2n) is 7.31. The summed E-state index contributed by atoms with van der Waals surface area (Å²) in [6.07, 6.45) is 0.749. The molecule has 3 aromatic rings. The van der Waals surface area contributed by atoms with E-state index in [4.69, 9.17) is 4.74 Å². The van der Waals surface area contributed by atoms with Crippen LogP contribution in [0, 0.1) is 0 Å². The molecule has 6 heteroatoms. The van der Waals surface area contributed by atoms with E-state index < -0.39 is 0 Å². The summed E-state index contributed by atoms with van der Waals surface area (Å²) in [5, 5.41) is 11.8. The van der Waals surface area contributed by atoms with E-state index in [1.54, 1.807) is 0 Å². The number of benzene rings is 2. The standard InChI is InChI=1S/C24H26N4O2/c1-2-21(18-6-4-3-5-7-18)24(29)25-20-10-8-19(9-11-20)22-12-13-23(27-26-22)28-14-16-30-17-15-28/h3-13,21H,2,14-17H2,1H3,(H,25,29). The van der Waals surface area contributed by atoms with Crippen molar-refractivity contribution in [1.82, 2.24) is 10.2 Å². The summed E-state index contributed by atoms with van der Waals surface area (Å²) in [5.41, 5.74) is 3.57. The monoisotopic (exact) mass is 402 g/mol. The van der Waals surface area contributed by atoms with Crippen LogP contribution in [0.15, 0.2) is 66.7 Å². The van der Waals surface area contributed by atoms with Gasteiger partial charge in [-0.25, -0.2) is 0 Å². The molecule has 0 bridgehead atoms. The lowest BCUT2D eigenvalue weighted by Crippen LogP contribution is -2.36. The highest BCUT2D eigenvalue weighted by Crippen LogP contribution is 2.24. The van der Waals surface area contributed by atoms with Crippen molar-refractivity contribution in [3.05, 3.63) is 72.3 Å². The van der Waals surface area contributed by atoms with Crippen molar-refractivity contribution in [3.63, 3.8) is 0 Å². The zero-order chi connectivity index (χ0) is 20.8. The Bertz CT molecular complexity index is 953. The summed E-state index contributed by atoms with van der Waals surface area (Å²) >= 11 is 0. The molecule has 154 valence electrons. The number of carbonyl (C=O) groups excluding carboxylic acids is 1. The molecular weight excluding hydrogens is 376 g/mol. The Morgan fingerprint density at radius 1 is 1.00 bits per heavy atom. The van der Waals surface area contributed by atoms with Gasteiger partial charge in [-0.2, -0.15) is 0 Å². The van der Waals surface area contributed by atoms with Crippen molar-refractivity contribution in [1.29, 1.82) is 0 Å². The van der Waals surface area contributed by atoms with Crippen LogP contribution in [-0.2, 0) is 9.53 Å². The van der Waals surface area contributed by atoms with Gasteiger partial charge in [0.25, 0.3) is 0 Å². The average Bonchev–Trinajstić information content (AvgIpc) is 2.81. The molecule has 30 heavy (non-hydrogen) atoms. The average molecular weight is 402 g/mol. The Morgan fingerprint density at radius 3 is 2.37 bits per heavy atom. The summed E-state index contributed by atoms with van der Waals surface area (Å²) in [6, 6.07) is 21.6. The Balaban J connectivity index is 1.42. The first kappa shape index (κ1) is 20.0. The number of hydrogen-bond donors (Lipinski definition) is 1. The first-order valence-corrected chi connectivity index (χ1v) is 10.4. The molecule has 0 radical (unpaired) electrons. The van der Waals surface area contributed by atoms with Crippen molar-refractivity contribution in [2.45, 2.75) is 19.3 Å². The quantitative estimate of drug-likeness (QED) is 0.672. The third kappa shape index (κ3) is 4.66. The molecule has 2 heterocycles. The molecule has 1 unspecified atom stereocenters. The normalized spacial score (nSPS) is 14.9. The van der Waals surface area contributed by atoms with Gasteiger partial charge in [-0.3, -0.25) is 4.79 Å². The number of anilines is 2. The van der Waals surface area contributed by atoms with Crippen molar-refractivity contribution in [2.24, 2.45) is 0 Å². The molecule has 0 aliphatic carbocycles. The molecular formula is C24H26N4O2. The molecule has 4 rings (SSSR count). The fraction of sp³-hybridized carbons (Fsp3) is 0.292. The number of aromatic nitrogens is 2. The van der Waals surface area contributed by atoms with Gasteiger partial charge in [0.1, 0.15) is 0 Å². The lowest BCUT2D eigenvalue weighted by molar-refractivity contribution is -0.117. The van der Waals surface area contributed by atoms with Crippen molar-refractivity contribution in [3.8, 4) is 11.3 Å². The predicted molar refractivity (Wildman–Crippen MR) is 119 cm³/mol. The molecule has 6 nitrogen and oxygen atoms in total. The molecule has 1 amide bonds.